The largest absolute Gasteiger partial charge is 0.489 e. The van der Waals surface area contributed by atoms with Crippen LogP contribution in [0.4, 0.5) is 0 Å². The lowest BCUT2D eigenvalue weighted by molar-refractivity contribution is -0.0694. The van der Waals surface area contributed by atoms with Gasteiger partial charge >= 0.3 is 5.97 Å². The Balaban J connectivity index is 1.49. The molecule has 2 aliphatic carbocycles. The molecule has 0 unspecified atom stereocenters. The standard InChI is InChI=1S/C20H24N2O5/c1-24-12-20-9-19(10-20,11-26-20)22-8-13-6-15(18(23)25-2)17(7-16(13)21-22)27-14-4-3-5-14/h6-8,14H,3-5,9-12H2,1-2H3. The fourth-order valence-corrected chi connectivity index (χ4v) is 4.60. The van der Waals surface area contributed by atoms with Crippen molar-refractivity contribution in [3.05, 3.63) is 23.9 Å². The van der Waals surface area contributed by atoms with Crippen molar-refractivity contribution in [2.24, 2.45) is 0 Å². The average molecular weight is 372 g/mol. The van der Waals surface area contributed by atoms with Crippen LogP contribution >= 0.6 is 0 Å². The summed E-state index contributed by atoms with van der Waals surface area (Å²) in [6.07, 6.45) is 7.19. The third-order valence-electron chi connectivity index (χ3n) is 6.20. The molecule has 0 N–H and O–H groups in total. The number of esters is 1. The zero-order valence-corrected chi connectivity index (χ0v) is 15.7. The van der Waals surface area contributed by atoms with Gasteiger partial charge in [0.15, 0.2) is 0 Å². The van der Waals surface area contributed by atoms with Gasteiger partial charge in [-0.3, -0.25) is 4.68 Å². The maximum Gasteiger partial charge on any atom is 0.341 e. The van der Waals surface area contributed by atoms with E-state index in [0.717, 1.165) is 36.6 Å². The highest BCUT2D eigenvalue weighted by Crippen LogP contribution is 2.56. The topological polar surface area (TPSA) is 71.8 Å². The Labute approximate surface area is 157 Å². The molecule has 144 valence electrons. The van der Waals surface area contributed by atoms with E-state index in [1.54, 1.807) is 7.11 Å². The molecule has 6 rings (SSSR count). The van der Waals surface area contributed by atoms with E-state index >= 15 is 0 Å². The highest BCUT2D eigenvalue weighted by atomic mass is 16.6. The van der Waals surface area contributed by atoms with Crippen molar-refractivity contribution in [1.29, 1.82) is 0 Å². The Morgan fingerprint density at radius 2 is 2.15 bits per heavy atom. The van der Waals surface area contributed by atoms with Crippen molar-refractivity contribution in [2.75, 3.05) is 27.4 Å². The molecule has 0 radical (unpaired) electrons. The summed E-state index contributed by atoms with van der Waals surface area (Å²) < 4.78 is 24.3. The Hall–Kier alpha value is -2.12. The van der Waals surface area contributed by atoms with Gasteiger partial charge in [0.05, 0.1) is 43.1 Å². The minimum absolute atomic E-state index is 0.113. The number of carbonyl (C=O) groups excluding carboxylic acids is 1. The van der Waals surface area contributed by atoms with Crippen LogP contribution in [0.25, 0.3) is 10.9 Å². The first kappa shape index (κ1) is 17.0. The predicted octanol–water partition coefficient (Wildman–Crippen LogP) is 2.66. The second-order valence-corrected chi connectivity index (χ2v) is 8.13. The molecule has 4 fully saturated rings. The van der Waals surface area contributed by atoms with E-state index in [1.807, 2.05) is 23.0 Å². The quantitative estimate of drug-likeness (QED) is 0.726. The lowest BCUT2D eigenvalue weighted by Crippen LogP contribution is -2.53. The van der Waals surface area contributed by atoms with Crippen molar-refractivity contribution < 1.29 is 23.7 Å². The Kier molecular flexibility index (Phi) is 3.74. The van der Waals surface area contributed by atoms with Crippen LogP contribution in [0.15, 0.2) is 18.3 Å². The summed E-state index contributed by atoms with van der Waals surface area (Å²) >= 11 is 0. The summed E-state index contributed by atoms with van der Waals surface area (Å²) in [5.41, 5.74) is 1.00. The summed E-state index contributed by atoms with van der Waals surface area (Å²) in [6, 6.07) is 3.69. The van der Waals surface area contributed by atoms with Gasteiger partial charge in [-0.25, -0.2) is 4.79 Å². The monoisotopic (exact) mass is 372 g/mol. The predicted molar refractivity (Wildman–Crippen MR) is 97.1 cm³/mol. The summed E-state index contributed by atoms with van der Waals surface area (Å²) in [6.45, 7) is 1.25. The molecule has 7 heteroatoms. The number of aromatic nitrogens is 2. The van der Waals surface area contributed by atoms with Gasteiger partial charge in [-0.1, -0.05) is 0 Å². The summed E-state index contributed by atoms with van der Waals surface area (Å²) in [4.78, 5) is 12.3. The molecule has 1 aromatic heterocycles. The van der Waals surface area contributed by atoms with Gasteiger partial charge in [0.2, 0.25) is 0 Å². The molecule has 2 saturated carbocycles. The number of benzene rings is 1. The van der Waals surface area contributed by atoms with Crippen LogP contribution in [0.3, 0.4) is 0 Å². The van der Waals surface area contributed by atoms with Crippen LogP contribution in [0.2, 0.25) is 0 Å². The molecular weight excluding hydrogens is 348 g/mol. The number of hydrogen-bond donors (Lipinski definition) is 0. The van der Waals surface area contributed by atoms with Crippen LogP contribution in [-0.4, -0.2) is 54.9 Å². The smallest absolute Gasteiger partial charge is 0.341 e. The number of carbonyl (C=O) groups is 1. The summed E-state index contributed by atoms with van der Waals surface area (Å²) in [7, 11) is 3.10. The number of ether oxygens (including phenoxy) is 4. The van der Waals surface area contributed by atoms with Gasteiger partial charge in [-0.15, -0.1) is 0 Å². The lowest BCUT2D eigenvalue weighted by Gasteiger charge is -2.43. The van der Waals surface area contributed by atoms with Crippen LogP contribution in [-0.2, 0) is 19.7 Å². The highest BCUT2D eigenvalue weighted by molar-refractivity contribution is 5.97. The molecule has 4 aliphatic rings. The van der Waals surface area contributed by atoms with Crippen molar-refractivity contribution in [3.63, 3.8) is 0 Å². The summed E-state index contributed by atoms with van der Waals surface area (Å²) in [5, 5.41) is 5.70. The van der Waals surface area contributed by atoms with Gasteiger partial charge in [0.25, 0.3) is 0 Å². The third kappa shape index (κ3) is 2.56. The Bertz CT molecular complexity index is 895. The fraction of sp³-hybridized carbons (Fsp3) is 0.600. The average Bonchev–Trinajstić information content (AvgIpc) is 3.27. The molecule has 1 aromatic carbocycles. The maximum absolute atomic E-state index is 12.3. The van der Waals surface area contributed by atoms with E-state index in [0.29, 0.717) is 24.5 Å². The van der Waals surface area contributed by atoms with Crippen molar-refractivity contribution >= 4 is 16.9 Å². The zero-order chi connectivity index (χ0) is 18.6. The van der Waals surface area contributed by atoms with Gasteiger partial charge in [-0.05, 0) is 25.3 Å². The number of rotatable bonds is 6. The van der Waals surface area contributed by atoms with Crippen molar-refractivity contribution in [3.8, 4) is 5.75 Å². The van der Waals surface area contributed by atoms with Crippen LogP contribution in [0.5, 0.6) is 5.75 Å². The third-order valence-corrected chi connectivity index (χ3v) is 6.20. The first-order valence-corrected chi connectivity index (χ1v) is 9.48. The maximum atomic E-state index is 12.3. The van der Waals surface area contributed by atoms with Crippen molar-refractivity contribution in [2.45, 2.75) is 49.3 Å². The van der Waals surface area contributed by atoms with Gasteiger partial charge < -0.3 is 18.9 Å². The molecule has 0 atom stereocenters. The molecule has 2 aromatic rings. The Morgan fingerprint density at radius 1 is 1.33 bits per heavy atom. The molecule has 0 amide bonds. The molecule has 3 heterocycles. The SMILES string of the molecule is COCC12CC(n3cc4cc(C(=O)OC)c(OC5CCC5)cc4n3)(CO1)C2. The molecular formula is C20H24N2O5. The molecule has 7 nitrogen and oxygen atoms in total. The second kappa shape index (κ2) is 5.94. The number of nitrogens with zero attached hydrogens (tertiary/aromatic N) is 2. The number of fused-ring (bicyclic) bond motifs is 2. The highest BCUT2D eigenvalue weighted by Gasteiger charge is 2.64. The number of hydrogen-bond acceptors (Lipinski definition) is 6. The molecule has 27 heavy (non-hydrogen) atoms. The van der Waals surface area contributed by atoms with E-state index in [-0.39, 0.29) is 23.2 Å². The van der Waals surface area contributed by atoms with E-state index in [4.69, 9.17) is 24.0 Å². The zero-order valence-electron chi connectivity index (χ0n) is 15.7. The molecule has 0 spiro atoms. The van der Waals surface area contributed by atoms with E-state index in [1.165, 1.54) is 13.5 Å². The van der Waals surface area contributed by atoms with E-state index in [9.17, 15) is 4.79 Å². The molecule has 2 bridgehead atoms. The van der Waals surface area contributed by atoms with Gasteiger partial charge in [0, 0.05) is 37.6 Å². The second-order valence-electron chi connectivity index (χ2n) is 8.13. The fourth-order valence-electron chi connectivity index (χ4n) is 4.60. The van der Waals surface area contributed by atoms with E-state index < -0.39 is 0 Å². The minimum Gasteiger partial charge on any atom is -0.489 e. The Morgan fingerprint density at radius 3 is 2.81 bits per heavy atom. The van der Waals surface area contributed by atoms with Gasteiger partial charge in [0.1, 0.15) is 11.3 Å². The van der Waals surface area contributed by atoms with Crippen LogP contribution < -0.4 is 4.74 Å². The first-order valence-electron chi connectivity index (χ1n) is 9.48. The first-order chi connectivity index (χ1) is 13.1. The molecule has 2 saturated heterocycles. The number of methoxy groups -OCH3 is 2. The van der Waals surface area contributed by atoms with Crippen LogP contribution in [0, 0.1) is 0 Å². The lowest BCUT2D eigenvalue weighted by atomic mass is 9.69. The van der Waals surface area contributed by atoms with E-state index in [2.05, 4.69) is 0 Å². The summed E-state index contributed by atoms with van der Waals surface area (Å²) in [5.74, 6) is 0.177. The van der Waals surface area contributed by atoms with Gasteiger partial charge in [-0.2, -0.15) is 5.10 Å². The normalized spacial score (nSPS) is 29.4. The molecule has 2 aliphatic heterocycles. The minimum atomic E-state index is -0.385. The van der Waals surface area contributed by atoms with Crippen molar-refractivity contribution in [1.82, 2.24) is 9.78 Å². The van der Waals surface area contributed by atoms with Crippen LogP contribution in [0.1, 0.15) is 42.5 Å².